The van der Waals surface area contributed by atoms with Gasteiger partial charge in [0.15, 0.2) is 0 Å². The van der Waals surface area contributed by atoms with Crippen LogP contribution in [-0.4, -0.2) is 47.2 Å². The SMILES string of the molecule is CC[NH+]1CC[NH+]([C@H](c2cccs2)[C@@H](C)NS(=O)(=O)c2ccc(C)cc2)CC1. The zero-order valence-electron chi connectivity index (χ0n) is 16.4. The van der Waals surface area contributed by atoms with Gasteiger partial charge < -0.3 is 9.80 Å². The summed E-state index contributed by atoms with van der Waals surface area (Å²) in [5.74, 6) is 0. The quantitative estimate of drug-likeness (QED) is 0.615. The first-order chi connectivity index (χ1) is 12.9. The fourth-order valence-electron chi connectivity index (χ4n) is 3.96. The lowest BCUT2D eigenvalue weighted by Gasteiger charge is -2.36. The van der Waals surface area contributed by atoms with E-state index in [4.69, 9.17) is 0 Å². The molecule has 1 aliphatic heterocycles. The lowest BCUT2D eigenvalue weighted by atomic mass is 10.1. The third kappa shape index (κ3) is 4.97. The molecule has 7 heteroatoms. The second-order valence-electron chi connectivity index (χ2n) is 7.48. The molecule has 1 saturated heterocycles. The zero-order chi connectivity index (χ0) is 19.4. The van der Waals surface area contributed by atoms with E-state index < -0.39 is 10.0 Å². The van der Waals surface area contributed by atoms with Gasteiger partial charge in [-0.05, 0) is 44.4 Å². The average molecular weight is 410 g/mol. The monoisotopic (exact) mass is 409 g/mol. The summed E-state index contributed by atoms with van der Waals surface area (Å²) in [6.45, 7) is 11.8. The molecule has 0 aliphatic carbocycles. The molecule has 1 aromatic heterocycles. The molecule has 1 fully saturated rings. The summed E-state index contributed by atoms with van der Waals surface area (Å²) in [6, 6.07) is 11.2. The van der Waals surface area contributed by atoms with Crippen LogP contribution in [0.4, 0.5) is 0 Å². The fourth-order valence-corrected chi connectivity index (χ4v) is 6.20. The molecule has 0 bridgehead atoms. The largest absolute Gasteiger partial charge is 0.326 e. The number of nitrogens with one attached hydrogen (secondary N) is 3. The van der Waals surface area contributed by atoms with E-state index >= 15 is 0 Å². The molecule has 3 N–H and O–H groups in total. The number of quaternary nitrogens is 2. The predicted octanol–water partition coefficient (Wildman–Crippen LogP) is 0.268. The van der Waals surface area contributed by atoms with Crippen molar-refractivity contribution in [1.82, 2.24) is 4.72 Å². The number of sulfonamides is 1. The number of rotatable bonds is 7. The molecule has 0 radical (unpaired) electrons. The first-order valence-corrected chi connectivity index (χ1v) is 12.1. The Kier molecular flexibility index (Phi) is 6.70. The third-order valence-electron chi connectivity index (χ3n) is 5.56. The van der Waals surface area contributed by atoms with E-state index in [1.165, 1.54) is 9.78 Å². The van der Waals surface area contributed by atoms with Gasteiger partial charge in [-0.2, -0.15) is 0 Å². The molecule has 1 aromatic carbocycles. The molecule has 148 valence electrons. The van der Waals surface area contributed by atoms with Gasteiger partial charge in [0.1, 0.15) is 32.2 Å². The molecule has 0 unspecified atom stereocenters. The van der Waals surface area contributed by atoms with Crippen LogP contribution in [0.3, 0.4) is 0 Å². The Morgan fingerprint density at radius 2 is 1.78 bits per heavy atom. The van der Waals surface area contributed by atoms with Crippen molar-refractivity contribution < 1.29 is 18.2 Å². The number of piperazine rings is 1. The molecule has 27 heavy (non-hydrogen) atoms. The van der Waals surface area contributed by atoms with Crippen molar-refractivity contribution in [3.8, 4) is 0 Å². The summed E-state index contributed by atoms with van der Waals surface area (Å²) in [6.07, 6.45) is 0. The summed E-state index contributed by atoms with van der Waals surface area (Å²) in [4.78, 5) is 4.70. The number of hydrogen-bond acceptors (Lipinski definition) is 3. The van der Waals surface area contributed by atoms with Crippen LogP contribution in [0.2, 0.25) is 0 Å². The highest BCUT2D eigenvalue weighted by molar-refractivity contribution is 7.89. The maximum Gasteiger partial charge on any atom is 0.241 e. The van der Waals surface area contributed by atoms with Crippen molar-refractivity contribution in [3.63, 3.8) is 0 Å². The summed E-state index contributed by atoms with van der Waals surface area (Å²) in [7, 11) is -3.53. The van der Waals surface area contributed by atoms with Gasteiger partial charge in [-0.3, -0.25) is 0 Å². The normalized spacial score (nSPS) is 23.1. The van der Waals surface area contributed by atoms with Crippen LogP contribution >= 0.6 is 11.3 Å². The lowest BCUT2D eigenvalue weighted by molar-refractivity contribution is -1.03. The van der Waals surface area contributed by atoms with E-state index in [0.29, 0.717) is 4.90 Å². The molecular weight excluding hydrogens is 378 g/mol. The Labute approximate surface area is 167 Å². The molecule has 2 heterocycles. The van der Waals surface area contributed by atoms with Gasteiger partial charge in [-0.1, -0.05) is 23.8 Å². The van der Waals surface area contributed by atoms with Gasteiger partial charge >= 0.3 is 0 Å². The second-order valence-corrected chi connectivity index (χ2v) is 10.2. The van der Waals surface area contributed by atoms with Gasteiger partial charge in [0.25, 0.3) is 0 Å². The smallest absolute Gasteiger partial charge is 0.241 e. The molecule has 0 amide bonds. The van der Waals surface area contributed by atoms with Crippen molar-refractivity contribution in [1.29, 1.82) is 0 Å². The van der Waals surface area contributed by atoms with Crippen LogP contribution in [0.5, 0.6) is 0 Å². The van der Waals surface area contributed by atoms with Crippen LogP contribution < -0.4 is 14.5 Å². The van der Waals surface area contributed by atoms with Crippen molar-refractivity contribution in [2.75, 3.05) is 32.7 Å². The average Bonchev–Trinajstić information content (AvgIpc) is 3.16. The molecule has 3 rings (SSSR count). The van der Waals surface area contributed by atoms with Crippen molar-refractivity contribution in [2.45, 2.75) is 37.8 Å². The highest BCUT2D eigenvalue weighted by Gasteiger charge is 2.36. The summed E-state index contributed by atoms with van der Waals surface area (Å²) in [5, 5.41) is 2.08. The Morgan fingerprint density at radius 1 is 1.11 bits per heavy atom. The van der Waals surface area contributed by atoms with Crippen LogP contribution in [0.1, 0.15) is 30.3 Å². The van der Waals surface area contributed by atoms with Gasteiger partial charge in [0, 0.05) is 0 Å². The molecule has 2 atom stereocenters. The summed E-state index contributed by atoms with van der Waals surface area (Å²) >= 11 is 1.72. The van der Waals surface area contributed by atoms with Crippen LogP contribution in [0.25, 0.3) is 0 Å². The van der Waals surface area contributed by atoms with Crippen LogP contribution in [-0.2, 0) is 10.0 Å². The third-order valence-corrected chi connectivity index (χ3v) is 8.09. The highest BCUT2D eigenvalue weighted by Crippen LogP contribution is 2.21. The minimum atomic E-state index is -3.53. The highest BCUT2D eigenvalue weighted by atomic mass is 32.2. The van der Waals surface area contributed by atoms with E-state index in [1.54, 1.807) is 28.4 Å². The van der Waals surface area contributed by atoms with Gasteiger partial charge in [-0.25, -0.2) is 13.1 Å². The van der Waals surface area contributed by atoms with Gasteiger partial charge in [0.05, 0.1) is 22.4 Å². The molecule has 1 aliphatic rings. The van der Waals surface area contributed by atoms with Crippen LogP contribution in [0.15, 0.2) is 46.7 Å². The van der Waals surface area contributed by atoms with E-state index in [0.717, 1.165) is 38.3 Å². The Bertz CT molecular complexity index is 811. The van der Waals surface area contributed by atoms with Crippen molar-refractivity contribution in [2.24, 2.45) is 0 Å². The first kappa shape index (κ1) is 20.5. The zero-order valence-corrected chi connectivity index (χ0v) is 18.0. The van der Waals surface area contributed by atoms with Gasteiger partial charge in [0.2, 0.25) is 10.0 Å². The van der Waals surface area contributed by atoms with E-state index in [2.05, 4.69) is 29.2 Å². The first-order valence-electron chi connectivity index (χ1n) is 9.71. The fraction of sp³-hybridized carbons (Fsp3) is 0.500. The van der Waals surface area contributed by atoms with Crippen molar-refractivity contribution >= 4 is 21.4 Å². The van der Waals surface area contributed by atoms with Crippen LogP contribution in [0, 0.1) is 6.92 Å². The lowest BCUT2D eigenvalue weighted by Crippen LogP contribution is -3.28. The predicted molar refractivity (Wildman–Crippen MR) is 110 cm³/mol. The number of thiophene rings is 1. The van der Waals surface area contributed by atoms with E-state index in [9.17, 15) is 8.42 Å². The Hall–Kier alpha value is -1.25. The molecule has 2 aromatic rings. The standard InChI is InChI=1S/C20H29N3O2S2/c1-4-22-11-13-23(14-12-22)20(19-6-5-15-26-19)17(3)21-27(24,25)18-9-7-16(2)8-10-18/h5-10,15,17,20-21H,4,11-14H2,1-3H3/p+2/t17-,20+/m1/s1. The maximum atomic E-state index is 12.9. The van der Waals surface area contributed by atoms with E-state index in [-0.39, 0.29) is 12.1 Å². The molecule has 5 nitrogen and oxygen atoms in total. The summed E-state index contributed by atoms with van der Waals surface area (Å²) in [5.41, 5.74) is 1.05. The molecule has 0 spiro atoms. The topological polar surface area (TPSA) is 55.1 Å². The maximum absolute atomic E-state index is 12.9. The minimum Gasteiger partial charge on any atom is -0.326 e. The minimum absolute atomic E-state index is 0.142. The summed E-state index contributed by atoms with van der Waals surface area (Å²) < 4.78 is 28.7. The second kappa shape index (κ2) is 8.84. The Morgan fingerprint density at radius 3 is 2.33 bits per heavy atom. The number of hydrogen-bond donors (Lipinski definition) is 3. The number of likely N-dealkylation sites (N-methyl/N-ethyl adjacent to an activating group) is 1. The van der Waals surface area contributed by atoms with Crippen molar-refractivity contribution in [3.05, 3.63) is 52.2 Å². The molecular formula is C20H31N3O2S2+2. The van der Waals surface area contributed by atoms with E-state index in [1.807, 2.05) is 26.0 Å². The number of benzene rings is 1. The molecule has 0 saturated carbocycles. The number of aryl methyl sites for hydroxylation is 1. The Balaban J connectivity index is 1.79. The van der Waals surface area contributed by atoms with Gasteiger partial charge in [-0.15, -0.1) is 11.3 Å².